The fourth-order valence-electron chi connectivity index (χ4n) is 2.57. The predicted molar refractivity (Wildman–Crippen MR) is 89.1 cm³/mol. The van der Waals surface area contributed by atoms with E-state index in [1.807, 2.05) is 53.1 Å². The number of nitrogens with zero attached hydrogens (tertiary/aromatic N) is 4. The molecule has 6 heteroatoms. The first kappa shape index (κ1) is 14.1. The monoisotopic (exact) mass is 316 g/mol. The lowest BCUT2D eigenvalue weighted by atomic mass is 10.2. The maximum Gasteiger partial charge on any atom is 0.337 e. The van der Waals surface area contributed by atoms with Gasteiger partial charge < -0.3 is 5.11 Å². The Morgan fingerprint density at radius 3 is 2.50 bits per heavy atom. The fourth-order valence-corrected chi connectivity index (χ4v) is 2.57. The third kappa shape index (κ3) is 2.30. The molecule has 0 radical (unpaired) electrons. The summed E-state index contributed by atoms with van der Waals surface area (Å²) in [6.07, 6.45) is 3.04. The zero-order chi connectivity index (χ0) is 16.5. The molecule has 0 spiro atoms. The van der Waals surface area contributed by atoms with Crippen molar-refractivity contribution in [2.24, 2.45) is 0 Å². The van der Waals surface area contributed by atoms with Gasteiger partial charge in [-0.15, -0.1) is 0 Å². The van der Waals surface area contributed by atoms with Crippen molar-refractivity contribution in [1.82, 2.24) is 19.5 Å². The molecule has 24 heavy (non-hydrogen) atoms. The zero-order valence-electron chi connectivity index (χ0n) is 12.5. The number of para-hydroxylation sites is 1. The first-order valence-corrected chi connectivity index (χ1v) is 7.32. The number of benzene rings is 1. The molecule has 0 aliphatic carbocycles. The summed E-state index contributed by atoms with van der Waals surface area (Å²) in [4.78, 5) is 24.4. The molecule has 0 saturated carbocycles. The van der Waals surface area contributed by atoms with Gasteiger partial charge in [0.15, 0.2) is 11.5 Å². The topological polar surface area (TPSA) is 80.9 Å². The average Bonchev–Trinajstić information content (AvgIpc) is 3.01. The van der Waals surface area contributed by atoms with Crippen LogP contribution in [0.3, 0.4) is 0 Å². The van der Waals surface area contributed by atoms with E-state index in [9.17, 15) is 4.79 Å². The van der Waals surface area contributed by atoms with Crippen LogP contribution >= 0.6 is 0 Å². The highest BCUT2D eigenvalue weighted by atomic mass is 16.4. The van der Waals surface area contributed by atoms with Crippen LogP contribution in [0.5, 0.6) is 0 Å². The minimum Gasteiger partial charge on any atom is -0.478 e. The third-order valence-electron chi connectivity index (χ3n) is 3.65. The standard InChI is InChI=1S/C18H12N4O2/c23-18(24)12-10-15-16(20-11-12)22(13-6-2-1-3-7-13)17(21-15)14-8-4-5-9-19-14/h1-11H,(H,23,24). The minimum absolute atomic E-state index is 0.104. The summed E-state index contributed by atoms with van der Waals surface area (Å²) < 4.78 is 1.88. The van der Waals surface area contributed by atoms with Gasteiger partial charge >= 0.3 is 5.97 Å². The van der Waals surface area contributed by atoms with Gasteiger partial charge in [0, 0.05) is 18.1 Å². The Kier molecular flexibility index (Phi) is 3.28. The van der Waals surface area contributed by atoms with E-state index in [0.29, 0.717) is 22.7 Å². The van der Waals surface area contributed by atoms with Crippen LogP contribution in [-0.2, 0) is 0 Å². The van der Waals surface area contributed by atoms with E-state index in [-0.39, 0.29) is 5.56 Å². The lowest BCUT2D eigenvalue weighted by molar-refractivity contribution is 0.0696. The number of rotatable bonds is 3. The molecule has 0 bridgehead atoms. The maximum atomic E-state index is 11.2. The highest BCUT2D eigenvalue weighted by Crippen LogP contribution is 2.26. The number of aromatic carboxylic acids is 1. The van der Waals surface area contributed by atoms with Crippen LogP contribution in [0.25, 0.3) is 28.4 Å². The second kappa shape index (κ2) is 5.58. The number of aromatic nitrogens is 4. The first-order chi connectivity index (χ1) is 11.7. The summed E-state index contributed by atoms with van der Waals surface area (Å²) in [5.74, 6) is -0.412. The van der Waals surface area contributed by atoms with Gasteiger partial charge in [0.25, 0.3) is 0 Å². The van der Waals surface area contributed by atoms with E-state index in [1.165, 1.54) is 12.3 Å². The van der Waals surface area contributed by atoms with Crippen molar-refractivity contribution in [3.8, 4) is 17.2 Å². The summed E-state index contributed by atoms with van der Waals surface area (Å²) in [6.45, 7) is 0. The van der Waals surface area contributed by atoms with Gasteiger partial charge in [0.1, 0.15) is 11.2 Å². The second-order valence-electron chi connectivity index (χ2n) is 5.19. The summed E-state index contributed by atoms with van der Waals surface area (Å²) >= 11 is 0. The highest BCUT2D eigenvalue weighted by Gasteiger charge is 2.17. The summed E-state index contributed by atoms with van der Waals surface area (Å²) in [5.41, 5.74) is 2.78. The lowest BCUT2D eigenvalue weighted by Crippen LogP contribution is -2.00. The van der Waals surface area contributed by atoms with Gasteiger partial charge in [-0.3, -0.25) is 9.55 Å². The molecule has 116 valence electrons. The fraction of sp³-hybridized carbons (Fsp3) is 0. The molecule has 0 aliphatic heterocycles. The summed E-state index contributed by atoms with van der Waals surface area (Å²) in [6, 6.07) is 16.8. The molecule has 0 atom stereocenters. The quantitative estimate of drug-likeness (QED) is 0.628. The van der Waals surface area contributed by atoms with Gasteiger partial charge in [-0.05, 0) is 30.3 Å². The van der Waals surface area contributed by atoms with Gasteiger partial charge in [-0.2, -0.15) is 0 Å². The van der Waals surface area contributed by atoms with E-state index >= 15 is 0 Å². The van der Waals surface area contributed by atoms with Crippen LogP contribution in [0.2, 0.25) is 0 Å². The number of carbonyl (C=O) groups is 1. The van der Waals surface area contributed by atoms with Crippen molar-refractivity contribution in [2.75, 3.05) is 0 Å². The van der Waals surface area contributed by atoms with Crippen LogP contribution in [-0.4, -0.2) is 30.6 Å². The van der Waals surface area contributed by atoms with Gasteiger partial charge in [0.05, 0.1) is 5.56 Å². The van der Waals surface area contributed by atoms with Crippen LogP contribution in [0.4, 0.5) is 0 Å². The number of pyridine rings is 2. The molecule has 1 aromatic carbocycles. The molecule has 6 nitrogen and oxygen atoms in total. The Morgan fingerprint density at radius 2 is 1.79 bits per heavy atom. The molecule has 3 aromatic heterocycles. The van der Waals surface area contributed by atoms with Crippen molar-refractivity contribution in [2.45, 2.75) is 0 Å². The van der Waals surface area contributed by atoms with Crippen LogP contribution in [0.15, 0.2) is 67.0 Å². The van der Waals surface area contributed by atoms with Crippen molar-refractivity contribution in [1.29, 1.82) is 0 Å². The molecular weight excluding hydrogens is 304 g/mol. The number of hydrogen-bond donors (Lipinski definition) is 1. The average molecular weight is 316 g/mol. The number of hydrogen-bond acceptors (Lipinski definition) is 4. The Bertz CT molecular complexity index is 1030. The number of imidazole rings is 1. The molecule has 0 saturated heterocycles. The van der Waals surface area contributed by atoms with E-state index < -0.39 is 5.97 Å². The molecule has 0 amide bonds. The molecular formula is C18H12N4O2. The number of carboxylic acid groups (broad SMARTS) is 1. The molecule has 0 fully saturated rings. The van der Waals surface area contributed by atoms with Crippen LogP contribution < -0.4 is 0 Å². The van der Waals surface area contributed by atoms with Crippen molar-refractivity contribution in [3.05, 3.63) is 72.6 Å². The van der Waals surface area contributed by atoms with E-state index in [2.05, 4.69) is 15.0 Å². The van der Waals surface area contributed by atoms with Gasteiger partial charge in [-0.25, -0.2) is 14.8 Å². The molecule has 4 rings (SSSR count). The first-order valence-electron chi connectivity index (χ1n) is 7.32. The van der Waals surface area contributed by atoms with Crippen LogP contribution in [0, 0.1) is 0 Å². The number of fused-ring (bicyclic) bond motifs is 1. The van der Waals surface area contributed by atoms with Crippen LogP contribution in [0.1, 0.15) is 10.4 Å². The van der Waals surface area contributed by atoms with E-state index in [4.69, 9.17) is 5.11 Å². The molecule has 1 N–H and O–H groups in total. The van der Waals surface area contributed by atoms with Crippen molar-refractivity contribution < 1.29 is 9.90 Å². The predicted octanol–water partition coefficient (Wildman–Crippen LogP) is 3.18. The van der Waals surface area contributed by atoms with Gasteiger partial charge in [0.2, 0.25) is 0 Å². The molecule has 0 unspecified atom stereocenters. The molecule has 4 aromatic rings. The largest absolute Gasteiger partial charge is 0.478 e. The van der Waals surface area contributed by atoms with Crippen molar-refractivity contribution >= 4 is 17.1 Å². The normalized spacial score (nSPS) is 10.8. The third-order valence-corrected chi connectivity index (χ3v) is 3.65. The summed E-state index contributed by atoms with van der Waals surface area (Å²) in [5, 5.41) is 9.17. The Morgan fingerprint density at radius 1 is 1.00 bits per heavy atom. The Balaban J connectivity index is 2.04. The Labute approximate surface area is 137 Å². The minimum atomic E-state index is -1.03. The Hall–Kier alpha value is -3.54. The smallest absolute Gasteiger partial charge is 0.337 e. The highest BCUT2D eigenvalue weighted by molar-refractivity contribution is 5.91. The lowest BCUT2D eigenvalue weighted by Gasteiger charge is -2.08. The van der Waals surface area contributed by atoms with Gasteiger partial charge in [-0.1, -0.05) is 24.3 Å². The molecule has 0 aliphatic rings. The maximum absolute atomic E-state index is 11.2. The molecule has 3 heterocycles. The SMILES string of the molecule is O=C(O)c1cnc2c(c1)nc(-c1ccccn1)n2-c1ccccc1. The summed E-state index contributed by atoms with van der Waals surface area (Å²) in [7, 11) is 0. The van der Waals surface area contributed by atoms with Crippen molar-refractivity contribution in [3.63, 3.8) is 0 Å². The second-order valence-corrected chi connectivity index (χ2v) is 5.19. The number of carboxylic acids is 1. The van der Waals surface area contributed by atoms with E-state index in [1.54, 1.807) is 6.20 Å². The van der Waals surface area contributed by atoms with E-state index in [0.717, 1.165) is 5.69 Å². The zero-order valence-corrected chi connectivity index (χ0v) is 12.5.